The summed E-state index contributed by atoms with van der Waals surface area (Å²) in [6.07, 6.45) is 3.44. The van der Waals surface area contributed by atoms with Crippen LogP contribution in [0.1, 0.15) is 21.5 Å². The van der Waals surface area contributed by atoms with Gasteiger partial charge in [0.25, 0.3) is 5.91 Å². The highest BCUT2D eigenvalue weighted by atomic mass is 16.1. The van der Waals surface area contributed by atoms with Crippen LogP contribution in [0.5, 0.6) is 0 Å². The predicted octanol–water partition coefficient (Wildman–Crippen LogP) is 3.51. The summed E-state index contributed by atoms with van der Waals surface area (Å²) in [5.41, 5.74) is 5.87. The van der Waals surface area contributed by atoms with Gasteiger partial charge in [-0.1, -0.05) is 24.3 Å². The molecule has 0 saturated carbocycles. The van der Waals surface area contributed by atoms with Gasteiger partial charge in [-0.05, 0) is 47.5 Å². The van der Waals surface area contributed by atoms with E-state index in [0.29, 0.717) is 12.1 Å². The molecule has 0 fully saturated rings. The monoisotopic (exact) mass is 395 g/mol. The summed E-state index contributed by atoms with van der Waals surface area (Å²) in [5, 5.41) is 7.39. The maximum Gasteiger partial charge on any atom is 0.251 e. The minimum absolute atomic E-state index is 0.0931. The Balaban J connectivity index is 1.32. The standard InChI is InChI=1S/C24H21N5O/c30-24(28-15-16-7-9-25-10-8-16)18-3-1-17(2-4-18)21-13-19-5-6-20(14-22(19)29-21)23-26-11-12-27-23/h1-10,13-14,29H,11-12,15H2,(H,26,27)(H,28,30). The fourth-order valence-electron chi connectivity index (χ4n) is 3.61. The lowest BCUT2D eigenvalue weighted by Gasteiger charge is -2.06. The summed E-state index contributed by atoms with van der Waals surface area (Å²) >= 11 is 0. The van der Waals surface area contributed by atoms with E-state index < -0.39 is 0 Å². The molecule has 5 rings (SSSR count). The Bertz CT molecular complexity index is 1230. The number of amides is 1. The molecule has 6 heteroatoms. The third-order valence-electron chi connectivity index (χ3n) is 5.23. The molecule has 30 heavy (non-hydrogen) atoms. The van der Waals surface area contributed by atoms with Gasteiger partial charge < -0.3 is 15.6 Å². The van der Waals surface area contributed by atoms with Gasteiger partial charge in [-0.2, -0.15) is 0 Å². The summed E-state index contributed by atoms with van der Waals surface area (Å²) in [7, 11) is 0. The van der Waals surface area contributed by atoms with E-state index in [2.05, 4.69) is 49.9 Å². The van der Waals surface area contributed by atoms with Crippen LogP contribution in [-0.2, 0) is 6.54 Å². The number of aromatic amines is 1. The van der Waals surface area contributed by atoms with Crippen molar-refractivity contribution in [3.63, 3.8) is 0 Å². The maximum absolute atomic E-state index is 12.4. The molecular formula is C24H21N5O. The van der Waals surface area contributed by atoms with Gasteiger partial charge in [-0.15, -0.1) is 0 Å². The van der Waals surface area contributed by atoms with Crippen molar-refractivity contribution in [3.05, 3.63) is 89.7 Å². The van der Waals surface area contributed by atoms with Crippen LogP contribution in [0.15, 0.2) is 78.0 Å². The Morgan fingerprint density at radius 3 is 2.53 bits per heavy atom. The molecular weight excluding hydrogens is 374 g/mol. The number of carbonyl (C=O) groups is 1. The van der Waals surface area contributed by atoms with Crippen molar-refractivity contribution in [1.82, 2.24) is 20.6 Å². The molecule has 0 saturated heterocycles. The summed E-state index contributed by atoms with van der Waals surface area (Å²) in [5.74, 6) is 0.861. The van der Waals surface area contributed by atoms with Crippen molar-refractivity contribution in [2.45, 2.75) is 6.54 Å². The van der Waals surface area contributed by atoms with Gasteiger partial charge in [0.2, 0.25) is 0 Å². The van der Waals surface area contributed by atoms with Gasteiger partial charge >= 0.3 is 0 Å². The van der Waals surface area contributed by atoms with Crippen molar-refractivity contribution in [2.24, 2.45) is 4.99 Å². The van der Waals surface area contributed by atoms with E-state index in [-0.39, 0.29) is 5.91 Å². The molecule has 4 aromatic rings. The summed E-state index contributed by atoms with van der Waals surface area (Å²) in [4.78, 5) is 24.4. The Kier molecular flexibility index (Phi) is 4.73. The van der Waals surface area contributed by atoms with Crippen molar-refractivity contribution in [1.29, 1.82) is 0 Å². The molecule has 3 heterocycles. The van der Waals surface area contributed by atoms with E-state index in [9.17, 15) is 4.79 Å². The molecule has 148 valence electrons. The number of hydrogen-bond acceptors (Lipinski definition) is 4. The van der Waals surface area contributed by atoms with E-state index in [1.54, 1.807) is 12.4 Å². The molecule has 0 bridgehead atoms. The number of rotatable bonds is 5. The molecule has 6 nitrogen and oxygen atoms in total. The molecule has 1 aliphatic heterocycles. The highest BCUT2D eigenvalue weighted by Gasteiger charge is 2.11. The zero-order valence-corrected chi connectivity index (χ0v) is 16.4. The van der Waals surface area contributed by atoms with E-state index in [1.807, 2.05) is 36.4 Å². The van der Waals surface area contributed by atoms with Crippen LogP contribution in [-0.4, -0.2) is 34.8 Å². The van der Waals surface area contributed by atoms with E-state index in [4.69, 9.17) is 0 Å². The van der Waals surface area contributed by atoms with Crippen molar-refractivity contribution in [3.8, 4) is 11.3 Å². The fourth-order valence-corrected chi connectivity index (χ4v) is 3.61. The second kappa shape index (κ2) is 7.83. The zero-order valence-electron chi connectivity index (χ0n) is 16.4. The number of fused-ring (bicyclic) bond motifs is 1. The minimum atomic E-state index is -0.0931. The fraction of sp³-hybridized carbons (Fsp3) is 0.125. The Morgan fingerprint density at radius 1 is 0.967 bits per heavy atom. The second-order valence-electron chi connectivity index (χ2n) is 7.26. The van der Waals surface area contributed by atoms with Crippen LogP contribution in [0.25, 0.3) is 22.2 Å². The summed E-state index contributed by atoms with van der Waals surface area (Å²) in [6.45, 7) is 2.20. The number of nitrogens with zero attached hydrogens (tertiary/aromatic N) is 2. The topological polar surface area (TPSA) is 82.2 Å². The van der Waals surface area contributed by atoms with Crippen LogP contribution in [0.4, 0.5) is 0 Å². The number of aromatic nitrogens is 2. The average Bonchev–Trinajstić information content (AvgIpc) is 3.48. The molecule has 0 unspecified atom stereocenters. The SMILES string of the molecule is O=C(NCc1ccncc1)c1ccc(-c2cc3ccc(C4=NCCN4)cc3[nH]2)cc1. The van der Waals surface area contributed by atoms with Gasteiger partial charge in [-0.3, -0.25) is 14.8 Å². The van der Waals surface area contributed by atoms with Gasteiger partial charge in [0, 0.05) is 53.2 Å². The van der Waals surface area contributed by atoms with E-state index in [0.717, 1.165) is 52.2 Å². The maximum atomic E-state index is 12.4. The first-order chi connectivity index (χ1) is 14.8. The minimum Gasteiger partial charge on any atom is -0.368 e. The third-order valence-corrected chi connectivity index (χ3v) is 5.23. The zero-order chi connectivity index (χ0) is 20.3. The lowest BCUT2D eigenvalue weighted by atomic mass is 10.1. The van der Waals surface area contributed by atoms with E-state index in [1.165, 1.54) is 0 Å². The normalized spacial score (nSPS) is 13.1. The Labute approximate surface area is 174 Å². The first-order valence-corrected chi connectivity index (χ1v) is 9.95. The first-order valence-electron chi connectivity index (χ1n) is 9.95. The van der Waals surface area contributed by atoms with Crippen molar-refractivity contribution < 1.29 is 4.79 Å². The number of hydrogen-bond donors (Lipinski definition) is 3. The van der Waals surface area contributed by atoms with Crippen LogP contribution < -0.4 is 10.6 Å². The number of aliphatic imine (C=N–C) groups is 1. The summed E-state index contributed by atoms with van der Waals surface area (Å²) < 4.78 is 0. The van der Waals surface area contributed by atoms with Gasteiger partial charge in [0.15, 0.2) is 0 Å². The molecule has 2 aromatic heterocycles. The predicted molar refractivity (Wildman–Crippen MR) is 119 cm³/mol. The quantitative estimate of drug-likeness (QED) is 0.484. The number of pyridine rings is 1. The molecule has 1 aliphatic rings. The molecule has 3 N–H and O–H groups in total. The number of amidine groups is 1. The number of H-pyrrole nitrogens is 1. The second-order valence-corrected chi connectivity index (χ2v) is 7.26. The molecule has 0 radical (unpaired) electrons. The smallest absolute Gasteiger partial charge is 0.251 e. The van der Waals surface area contributed by atoms with Gasteiger partial charge in [-0.25, -0.2) is 0 Å². The van der Waals surface area contributed by atoms with Gasteiger partial charge in [0.1, 0.15) is 5.84 Å². The number of nitrogens with one attached hydrogen (secondary N) is 3. The number of benzene rings is 2. The van der Waals surface area contributed by atoms with Crippen LogP contribution in [0, 0.1) is 0 Å². The lowest BCUT2D eigenvalue weighted by Crippen LogP contribution is -2.22. The molecule has 0 spiro atoms. The molecule has 0 atom stereocenters. The van der Waals surface area contributed by atoms with Crippen LogP contribution in [0.2, 0.25) is 0 Å². The van der Waals surface area contributed by atoms with Crippen LogP contribution in [0.3, 0.4) is 0 Å². The number of carbonyl (C=O) groups excluding carboxylic acids is 1. The Hall–Kier alpha value is -3.93. The van der Waals surface area contributed by atoms with Crippen molar-refractivity contribution in [2.75, 3.05) is 13.1 Å². The van der Waals surface area contributed by atoms with Crippen LogP contribution >= 0.6 is 0 Å². The largest absolute Gasteiger partial charge is 0.368 e. The average molecular weight is 395 g/mol. The van der Waals surface area contributed by atoms with Crippen molar-refractivity contribution >= 4 is 22.6 Å². The van der Waals surface area contributed by atoms with Gasteiger partial charge in [0.05, 0.1) is 6.54 Å². The highest BCUT2D eigenvalue weighted by molar-refractivity contribution is 6.03. The molecule has 2 aromatic carbocycles. The Morgan fingerprint density at radius 2 is 1.77 bits per heavy atom. The van der Waals surface area contributed by atoms with E-state index >= 15 is 0 Å². The first kappa shape index (κ1) is 18.1. The third kappa shape index (κ3) is 3.67. The highest BCUT2D eigenvalue weighted by Crippen LogP contribution is 2.25. The molecule has 0 aliphatic carbocycles. The summed E-state index contributed by atoms with van der Waals surface area (Å²) in [6, 6.07) is 19.9. The molecule has 1 amide bonds. The lowest BCUT2D eigenvalue weighted by molar-refractivity contribution is 0.0951.